The fourth-order valence-electron chi connectivity index (χ4n) is 2.14. The van der Waals surface area contributed by atoms with Gasteiger partial charge in [-0.3, -0.25) is 4.79 Å². The SMILES string of the molecule is Cc1nn(-c2ccccc2)c(C)c1NC(=O)CN(C)S(C)(=O)=O. The van der Waals surface area contributed by atoms with Crippen LogP contribution >= 0.6 is 0 Å². The second kappa shape index (κ2) is 6.51. The van der Waals surface area contributed by atoms with Crippen molar-refractivity contribution in [2.75, 3.05) is 25.2 Å². The zero-order chi connectivity index (χ0) is 17.2. The van der Waals surface area contributed by atoms with E-state index in [0.29, 0.717) is 11.4 Å². The zero-order valence-corrected chi connectivity index (χ0v) is 14.4. The summed E-state index contributed by atoms with van der Waals surface area (Å²) in [6, 6.07) is 9.57. The molecule has 1 aromatic heterocycles. The smallest absolute Gasteiger partial charge is 0.239 e. The first-order valence-electron chi connectivity index (χ1n) is 7.03. The maximum absolute atomic E-state index is 12.1. The Morgan fingerprint density at radius 3 is 2.43 bits per heavy atom. The third kappa shape index (κ3) is 3.96. The van der Waals surface area contributed by atoms with Crippen molar-refractivity contribution in [1.29, 1.82) is 0 Å². The Balaban J connectivity index is 2.22. The lowest BCUT2D eigenvalue weighted by Gasteiger charge is -2.14. The summed E-state index contributed by atoms with van der Waals surface area (Å²) in [6.07, 6.45) is 1.06. The van der Waals surface area contributed by atoms with E-state index in [-0.39, 0.29) is 6.54 Å². The molecule has 0 aliphatic rings. The molecule has 7 nitrogen and oxygen atoms in total. The van der Waals surface area contributed by atoms with Crippen LogP contribution in [0.25, 0.3) is 5.69 Å². The molecule has 1 aromatic carbocycles. The number of hydrogen-bond acceptors (Lipinski definition) is 4. The Morgan fingerprint density at radius 1 is 1.26 bits per heavy atom. The number of aromatic nitrogens is 2. The largest absolute Gasteiger partial charge is 0.322 e. The van der Waals surface area contributed by atoms with E-state index in [0.717, 1.165) is 21.9 Å². The van der Waals surface area contributed by atoms with Gasteiger partial charge in [-0.1, -0.05) is 18.2 Å². The highest BCUT2D eigenvalue weighted by Gasteiger charge is 2.19. The molecule has 0 radical (unpaired) electrons. The van der Waals surface area contributed by atoms with E-state index in [4.69, 9.17) is 0 Å². The zero-order valence-electron chi connectivity index (χ0n) is 13.6. The molecule has 0 fully saturated rings. The van der Waals surface area contributed by atoms with Crippen molar-refractivity contribution in [2.45, 2.75) is 13.8 Å². The molecular weight excluding hydrogens is 316 g/mol. The van der Waals surface area contributed by atoms with Crippen LogP contribution in [0.2, 0.25) is 0 Å². The predicted octanol–water partition coefficient (Wildman–Crippen LogP) is 1.32. The van der Waals surface area contributed by atoms with E-state index in [1.165, 1.54) is 7.05 Å². The van der Waals surface area contributed by atoms with Crippen LogP contribution in [0.1, 0.15) is 11.4 Å². The number of nitrogens with one attached hydrogen (secondary N) is 1. The number of anilines is 1. The van der Waals surface area contributed by atoms with Gasteiger partial charge >= 0.3 is 0 Å². The first kappa shape index (κ1) is 17.2. The fraction of sp³-hybridized carbons (Fsp3) is 0.333. The Kier molecular flexibility index (Phi) is 4.86. The van der Waals surface area contributed by atoms with Gasteiger partial charge in [0.2, 0.25) is 15.9 Å². The fourth-order valence-corrected chi connectivity index (χ4v) is 2.49. The maximum Gasteiger partial charge on any atom is 0.239 e. The standard InChI is InChI=1S/C15H20N4O3S/c1-11-15(16-14(20)10-18(3)23(4,21)22)12(2)19(17-11)13-8-6-5-7-9-13/h5-9H,10H2,1-4H3,(H,16,20). The van der Waals surface area contributed by atoms with E-state index in [9.17, 15) is 13.2 Å². The number of carbonyl (C=O) groups is 1. The van der Waals surface area contributed by atoms with Gasteiger partial charge in [-0.15, -0.1) is 0 Å². The number of para-hydroxylation sites is 1. The molecule has 23 heavy (non-hydrogen) atoms. The molecule has 1 amide bonds. The number of likely N-dealkylation sites (N-methyl/N-ethyl adjacent to an activating group) is 1. The molecule has 2 aromatic rings. The molecule has 0 aliphatic carbocycles. The summed E-state index contributed by atoms with van der Waals surface area (Å²) in [5.41, 5.74) is 2.94. The van der Waals surface area contributed by atoms with Crippen molar-refractivity contribution in [2.24, 2.45) is 0 Å². The topological polar surface area (TPSA) is 84.3 Å². The highest BCUT2D eigenvalue weighted by atomic mass is 32.2. The van der Waals surface area contributed by atoms with E-state index in [1.54, 1.807) is 11.6 Å². The summed E-state index contributed by atoms with van der Waals surface area (Å²) >= 11 is 0. The molecule has 0 aliphatic heterocycles. The Morgan fingerprint density at radius 2 is 1.87 bits per heavy atom. The first-order valence-corrected chi connectivity index (χ1v) is 8.88. The molecule has 0 saturated carbocycles. The van der Waals surface area contributed by atoms with E-state index >= 15 is 0 Å². The quantitative estimate of drug-likeness (QED) is 0.892. The number of hydrogen-bond donors (Lipinski definition) is 1. The summed E-state index contributed by atoms with van der Waals surface area (Å²) < 4.78 is 25.5. The summed E-state index contributed by atoms with van der Waals surface area (Å²) in [7, 11) is -2.03. The normalized spacial score (nSPS) is 11.7. The molecule has 124 valence electrons. The second-order valence-corrected chi connectivity index (χ2v) is 7.45. The van der Waals surface area contributed by atoms with Gasteiger partial charge in [-0.2, -0.15) is 9.40 Å². The summed E-state index contributed by atoms with van der Waals surface area (Å²) in [5, 5.41) is 7.17. The molecule has 0 bridgehead atoms. The number of amides is 1. The Labute approximate surface area is 136 Å². The van der Waals surface area contributed by atoms with E-state index in [2.05, 4.69) is 10.4 Å². The van der Waals surface area contributed by atoms with Gasteiger partial charge in [0.15, 0.2) is 0 Å². The van der Waals surface area contributed by atoms with E-state index < -0.39 is 15.9 Å². The van der Waals surface area contributed by atoms with Gasteiger partial charge in [-0.25, -0.2) is 13.1 Å². The molecule has 1 heterocycles. The lowest BCUT2D eigenvalue weighted by molar-refractivity contribution is -0.116. The highest BCUT2D eigenvalue weighted by molar-refractivity contribution is 7.88. The average Bonchev–Trinajstić information content (AvgIpc) is 2.75. The second-order valence-electron chi connectivity index (χ2n) is 5.36. The van der Waals surface area contributed by atoms with Gasteiger partial charge in [0, 0.05) is 7.05 Å². The van der Waals surface area contributed by atoms with Crippen LogP contribution in [-0.2, 0) is 14.8 Å². The molecule has 8 heteroatoms. The van der Waals surface area contributed by atoms with Crippen LogP contribution in [0.5, 0.6) is 0 Å². The van der Waals surface area contributed by atoms with Gasteiger partial charge in [-0.05, 0) is 26.0 Å². The number of rotatable bonds is 5. The number of nitrogens with zero attached hydrogens (tertiary/aromatic N) is 3. The van der Waals surface area contributed by atoms with Gasteiger partial charge in [0.1, 0.15) is 0 Å². The maximum atomic E-state index is 12.1. The number of carbonyl (C=O) groups excluding carboxylic acids is 1. The van der Waals surface area contributed by atoms with Crippen LogP contribution in [0.4, 0.5) is 5.69 Å². The lowest BCUT2D eigenvalue weighted by atomic mass is 10.3. The monoisotopic (exact) mass is 336 g/mol. The predicted molar refractivity (Wildman–Crippen MR) is 89.1 cm³/mol. The van der Waals surface area contributed by atoms with Crippen molar-refractivity contribution in [3.05, 3.63) is 41.7 Å². The number of sulfonamides is 1. The Hall–Kier alpha value is -2.19. The minimum atomic E-state index is -3.40. The summed E-state index contributed by atoms with van der Waals surface area (Å²) in [6.45, 7) is 3.40. The molecule has 0 saturated heterocycles. The first-order chi connectivity index (χ1) is 10.7. The van der Waals surface area contributed by atoms with Crippen molar-refractivity contribution >= 4 is 21.6 Å². The average molecular weight is 336 g/mol. The van der Waals surface area contributed by atoms with Gasteiger partial charge < -0.3 is 5.32 Å². The minimum Gasteiger partial charge on any atom is -0.322 e. The minimum absolute atomic E-state index is 0.242. The number of benzene rings is 1. The van der Waals surface area contributed by atoms with Crippen molar-refractivity contribution in [3.8, 4) is 5.69 Å². The Bertz CT molecular complexity index is 813. The van der Waals surface area contributed by atoms with Crippen LogP contribution < -0.4 is 5.32 Å². The molecule has 0 unspecified atom stereocenters. The van der Waals surface area contributed by atoms with Gasteiger partial charge in [0.05, 0.1) is 35.6 Å². The highest BCUT2D eigenvalue weighted by Crippen LogP contribution is 2.22. The van der Waals surface area contributed by atoms with Crippen molar-refractivity contribution < 1.29 is 13.2 Å². The third-order valence-corrected chi connectivity index (χ3v) is 4.75. The van der Waals surface area contributed by atoms with Crippen LogP contribution in [0.15, 0.2) is 30.3 Å². The third-order valence-electron chi connectivity index (χ3n) is 3.49. The molecule has 0 atom stereocenters. The van der Waals surface area contributed by atoms with Crippen LogP contribution in [-0.4, -0.2) is 48.3 Å². The van der Waals surface area contributed by atoms with Crippen LogP contribution in [0.3, 0.4) is 0 Å². The number of aryl methyl sites for hydroxylation is 1. The summed E-state index contributed by atoms with van der Waals surface area (Å²) in [4.78, 5) is 12.1. The van der Waals surface area contributed by atoms with Gasteiger partial charge in [0.25, 0.3) is 0 Å². The molecule has 2 rings (SSSR count). The summed E-state index contributed by atoms with van der Waals surface area (Å²) in [5.74, 6) is -0.406. The molecule has 1 N–H and O–H groups in total. The molecular formula is C15H20N4O3S. The van der Waals surface area contributed by atoms with E-state index in [1.807, 2.05) is 37.3 Å². The molecule has 0 spiro atoms. The van der Waals surface area contributed by atoms with Crippen LogP contribution in [0, 0.1) is 13.8 Å². The van der Waals surface area contributed by atoms with Crippen molar-refractivity contribution in [3.63, 3.8) is 0 Å². The lowest BCUT2D eigenvalue weighted by Crippen LogP contribution is -2.34. The van der Waals surface area contributed by atoms with Crippen molar-refractivity contribution in [1.82, 2.24) is 14.1 Å².